The fourth-order valence-electron chi connectivity index (χ4n) is 2.75. The summed E-state index contributed by atoms with van der Waals surface area (Å²) in [4.78, 5) is 14.3. The maximum Gasteiger partial charge on any atom is 0.281 e. The molecule has 3 rings (SSSR count). The number of methoxy groups -OCH3 is 1. The number of benzene rings is 2. The minimum absolute atomic E-state index is 0.225. The molecule has 7 heteroatoms. The van der Waals surface area contributed by atoms with Gasteiger partial charge in [0, 0.05) is 5.02 Å². The summed E-state index contributed by atoms with van der Waals surface area (Å²) in [5.41, 5.74) is 1.86. The van der Waals surface area contributed by atoms with E-state index in [0.717, 1.165) is 18.4 Å². The number of anilines is 1. The topological polar surface area (TPSA) is 50.8 Å². The van der Waals surface area contributed by atoms with Crippen LogP contribution in [0.3, 0.4) is 0 Å². The van der Waals surface area contributed by atoms with Crippen molar-refractivity contribution in [3.63, 3.8) is 0 Å². The number of carbonyl (C=O) groups excluding carboxylic acids is 1. The highest BCUT2D eigenvalue weighted by Crippen LogP contribution is 2.30. The zero-order valence-corrected chi connectivity index (χ0v) is 17.3. The SMILES string of the molecule is CCCCOc1cc(/C=C2\NC(=S)N(c3ccc(Cl)cc3)C2=O)ccc1OC. The number of hydrogen-bond donors (Lipinski definition) is 1. The number of rotatable bonds is 7. The average molecular weight is 417 g/mol. The molecule has 1 aliphatic heterocycles. The molecular weight excluding hydrogens is 396 g/mol. The molecule has 146 valence electrons. The smallest absolute Gasteiger partial charge is 0.281 e. The van der Waals surface area contributed by atoms with Crippen molar-refractivity contribution in [3.05, 3.63) is 58.7 Å². The average Bonchev–Trinajstić information content (AvgIpc) is 2.96. The Labute approximate surface area is 174 Å². The number of carbonyl (C=O) groups is 1. The van der Waals surface area contributed by atoms with Crippen molar-refractivity contribution in [1.82, 2.24) is 5.32 Å². The number of unbranched alkanes of at least 4 members (excludes halogenated alkanes) is 1. The van der Waals surface area contributed by atoms with Crippen LogP contribution in [0.1, 0.15) is 25.3 Å². The van der Waals surface area contributed by atoms with Crippen LogP contribution in [0.25, 0.3) is 6.08 Å². The Morgan fingerprint density at radius 1 is 1.18 bits per heavy atom. The highest BCUT2D eigenvalue weighted by atomic mass is 35.5. The van der Waals surface area contributed by atoms with E-state index in [0.29, 0.717) is 39.6 Å². The largest absolute Gasteiger partial charge is 0.493 e. The fourth-order valence-corrected chi connectivity index (χ4v) is 3.17. The van der Waals surface area contributed by atoms with Gasteiger partial charge >= 0.3 is 0 Å². The minimum Gasteiger partial charge on any atom is -0.493 e. The Morgan fingerprint density at radius 2 is 1.93 bits per heavy atom. The third-order valence-electron chi connectivity index (χ3n) is 4.22. The Kier molecular flexibility index (Phi) is 6.54. The van der Waals surface area contributed by atoms with Gasteiger partial charge in [-0.25, -0.2) is 0 Å². The summed E-state index contributed by atoms with van der Waals surface area (Å²) in [6, 6.07) is 12.5. The van der Waals surface area contributed by atoms with Crippen molar-refractivity contribution in [2.45, 2.75) is 19.8 Å². The monoisotopic (exact) mass is 416 g/mol. The van der Waals surface area contributed by atoms with Crippen LogP contribution in [0.15, 0.2) is 48.2 Å². The van der Waals surface area contributed by atoms with Gasteiger partial charge in [0.15, 0.2) is 16.6 Å². The number of hydrogen-bond acceptors (Lipinski definition) is 4. The molecule has 1 heterocycles. The molecule has 0 aliphatic carbocycles. The van der Waals surface area contributed by atoms with E-state index in [1.807, 2.05) is 18.2 Å². The van der Waals surface area contributed by atoms with Crippen LogP contribution >= 0.6 is 23.8 Å². The molecule has 0 radical (unpaired) electrons. The summed E-state index contributed by atoms with van der Waals surface area (Å²) in [5, 5.41) is 3.90. The number of nitrogens with zero attached hydrogens (tertiary/aromatic N) is 1. The van der Waals surface area contributed by atoms with Crippen LogP contribution in [0.4, 0.5) is 5.69 Å². The summed E-state index contributed by atoms with van der Waals surface area (Å²) >= 11 is 11.3. The van der Waals surface area contributed by atoms with E-state index in [1.165, 1.54) is 4.90 Å². The summed E-state index contributed by atoms with van der Waals surface area (Å²) in [6.45, 7) is 2.71. The van der Waals surface area contributed by atoms with Gasteiger partial charge in [-0.1, -0.05) is 31.0 Å². The zero-order valence-electron chi connectivity index (χ0n) is 15.7. The van der Waals surface area contributed by atoms with Gasteiger partial charge in [-0.2, -0.15) is 0 Å². The summed E-state index contributed by atoms with van der Waals surface area (Å²) < 4.78 is 11.2. The molecule has 0 saturated carbocycles. The Bertz CT molecular complexity index is 912. The van der Waals surface area contributed by atoms with Gasteiger partial charge in [0.25, 0.3) is 5.91 Å². The van der Waals surface area contributed by atoms with E-state index < -0.39 is 0 Å². The van der Waals surface area contributed by atoms with Crippen LogP contribution in [-0.4, -0.2) is 24.7 Å². The first-order chi connectivity index (χ1) is 13.5. The first-order valence-corrected chi connectivity index (χ1v) is 9.75. The fraction of sp³-hybridized carbons (Fsp3) is 0.238. The van der Waals surface area contributed by atoms with Crippen LogP contribution in [-0.2, 0) is 4.79 Å². The maximum atomic E-state index is 12.8. The Morgan fingerprint density at radius 3 is 2.61 bits per heavy atom. The number of thiocarbonyl (C=S) groups is 1. The van der Waals surface area contributed by atoms with E-state index in [1.54, 1.807) is 37.5 Å². The zero-order chi connectivity index (χ0) is 20.1. The lowest BCUT2D eigenvalue weighted by Crippen LogP contribution is -2.30. The van der Waals surface area contributed by atoms with Crippen LogP contribution in [0.2, 0.25) is 5.02 Å². The van der Waals surface area contributed by atoms with E-state index in [4.69, 9.17) is 33.3 Å². The molecule has 28 heavy (non-hydrogen) atoms. The predicted octanol–water partition coefficient (Wildman–Crippen LogP) is 4.79. The molecule has 1 amide bonds. The van der Waals surface area contributed by atoms with Gasteiger partial charge in [-0.05, 0) is 66.7 Å². The molecule has 0 atom stereocenters. The molecule has 2 aromatic rings. The van der Waals surface area contributed by atoms with E-state index in [9.17, 15) is 4.79 Å². The van der Waals surface area contributed by atoms with Crippen molar-refractivity contribution in [2.24, 2.45) is 0 Å². The molecule has 1 saturated heterocycles. The van der Waals surface area contributed by atoms with Gasteiger partial charge < -0.3 is 14.8 Å². The lowest BCUT2D eigenvalue weighted by Gasteiger charge is -2.13. The number of ether oxygens (including phenoxy) is 2. The quantitative estimate of drug-likeness (QED) is 0.399. The summed E-state index contributed by atoms with van der Waals surface area (Å²) in [6.07, 6.45) is 3.75. The van der Waals surface area contributed by atoms with Gasteiger partial charge in [0.05, 0.1) is 19.4 Å². The minimum atomic E-state index is -0.225. The molecule has 1 N–H and O–H groups in total. The van der Waals surface area contributed by atoms with Crippen molar-refractivity contribution < 1.29 is 14.3 Å². The van der Waals surface area contributed by atoms with E-state index in [-0.39, 0.29) is 5.91 Å². The lowest BCUT2D eigenvalue weighted by atomic mass is 10.1. The standard InChI is InChI=1S/C21H21ClN2O3S/c1-3-4-11-27-19-13-14(5-10-18(19)26-2)12-17-20(25)24(21(28)23-17)16-8-6-15(22)7-9-16/h5-10,12-13H,3-4,11H2,1-2H3,(H,23,28)/b17-12-. The number of halogens is 1. The second kappa shape index (κ2) is 9.08. The second-order valence-corrected chi connectivity index (χ2v) is 7.04. The van der Waals surface area contributed by atoms with E-state index >= 15 is 0 Å². The summed E-state index contributed by atoms with van der Waals surface area (Å²) in [5.74, 6) is 1.08. The molecule has 0 spiro atoms. The highest BCUT2D eigenvalue weighted by Gasteiger charge is 2.31. The third kappa shape index (κ3) is 4.46. The van der Waals surface area contributed by atoms with Gasteiger partial charge in [0.2, 0.25) is 0 Å². The van der Waals surface area contributed by atoms with Crippen molar-refractivity contribution in [2.75, 3.05) is 18.6 Å². The van der Waals surface area contributed by atoms with Crippen LogP contribution in [0.5, 0.6) is 11.5 Å². The maximum absolute atomic E-state index is 12.8. The third-order valence-corrected chi connectivity index (χ3v) is 4.75. The number of nitrogens with one attached hydrogen (secondary N) is 1. The van der Waals surface area contributed by atoms with Crippen molar-refractivity contribution in [3.8, 4) is 11.5 Å². The molecule has 2 aromatic carbocycles. The van der Waals surface area contributed by atoms with Gasteiger partial charge in [-0.3, -0.25) is 9.69 Å². The van der Waals surface area contributed by atoms with Crippen LogP contribution < -0.4 is 19.7 Å². The van der Waals surface area contributed by atoms with E-state index in [2.05, 4.69) is 12.2 Å². The van der Waals surface area contributed by atoms with Crippen molar-refractivity contribution in [1.29, 1.82) is 0 Å². The molecule has 0 bridgehead atoms. The van der Waals surface area contributed by atoms with Crippen LogP contribution in [0, 0.1) is 0 Å². The van der Waals surface area contributed by atoms with Gasteiger partial charge in [-0.15, -0.1) is 0 Å². The normalized spacial score (nSPS) is 15.1. The van der Waals surface area contributed by atoms with Gasteiger partial charge in [0.1, 0.15) is 5.70 Å². The molecule has 0 aromatic heterocycles. The second-order valence-electron chi connectivity index (χ2n) is 6.22. The molecule has 1 fully saturated rings. The predicted molar refractivity (Wildman–Crippen MR) is 116 cm³/mol. The number of amides is 1. The lowest BCUT2D eigenvalue weighted by molar-refractivity contribution is -0.113. The Hall–Kier alpha value is -2.57. The molecular formula is C21H21ClN2O3S. The summed E-state index contributed by atoms with van der Waals surface area (Å²) in [7, 11) is 1.60. The Balaban J connectivity index is 1.85. The van der Waals surface area contributed by atoms with Crippen molar-refractivity contribution >= 4 is 46.6 Å². The molecule has 1 aliphatic rings. The first kappa shape index (κ1) is 20.2. The molecule has 5 nitrogen and oxygen atoms in total. The first-order valence-electron chi connectivity index (χ1n) is 8.97. The molecule has 0 unspecified atom stereocenters. The highest BCUT2D eigenvalue weighted by molar-refractivity contribution is 7.80.